The van der Waals surface area contributed by atoms with Crippen molar-refractivity contribution in [3.8, 4) is 11.1 Å². The van der Waals surface area contributed by atoms with Crippen LogP contribution in [0.15, 0.2) is 84.9 Å². The number of alkyl carbamates (subject to hydrolysis) is 1. The molecule has 9 nitrogen and oxygen atoms in total. The van der Waals surface area contributed by atoms with Crippen molar-refractivity contribution in [2.45, 2.75) is 71.2 Å². The molecule has 44 heavy (non-hydrogen) atoms. The number of amides is 3. The highest BCUT2D eigenvalue weighted by atomic mass is 16.6. The first-order chi connectivity index (χ1) is 21.0. The van der Waals surface area contributed by atoms with Gasteiger partial charge in [-0.25, -0.2) is 9.59 Å². The maximum atomic E-state index is 13.2. The number of benzene rings is 3. The van der Waals surface area contributed by atoms with Crippen LogP contribution in [0.1, 0.15) is 70.2 Å². The number of carboxylic acid groups (broad SMARTS) is 1. The highest BCUT2D eigenvalue weighted by Crippen LogP contribution is 2.48. The molecule has 0 radical (unpaired) electrons. The van der Waals surface area contributed by atoms with E-state index >= 15 is 0 Å². The fourth-order valence-electron chi connectivity index (χ4n) is 5.81. The highest BCUT2D eigenvalue weighted by molar-refractivity contribution is 6.38. The largest absolute Gasteiger partial charge is 0.465 e. The second kappa shape index (κ2) is 14.2. The molecule has 1 aliphatic heterocycles. The number of unbranched alkanes of at least 4 members (excludes halogenated alkanes) is 1. The lowest BCUT2D eigenvalue weighted by Crippen LogP contribution is -2.49. The summed E-state index contributed by atoms with van der Waals surface area (Å²) in [7, 11) is 0. The Bertz CT molecular complexity index is 1440. The van der Waals surface area contributed by atoms with Gasteiger partial charge in [0.1, 0.15) is 12.1 Å². The molecule has 0 bridgehead atoms. The van der Waals surface area contributed by atoms with E-state index in [-0.39, 0.29) is 13.0 Å². The van der Waals surface area contributed by atoms with Gasteiger partial charge in [-0.1, -0.05) is 119 Å². The third-order valence-electron chi connectivity index (χ3n) is 8.36. The molecule has 1 unspecified atom stereocenters. The Morgan fingerprint density at radius 2 is 1.50 bits per heavy atom. The summed E-state index contributed by atoms with van der Waals surface area (Å²) in [6.45, 7) is 7.42. The topological polar surface area (TPSA) is 125 Å². The van der Waals surface area contributed by atoms with Gasteiger partial charge < -0.3 is 20.5 Å². The summed E-state index contributed by atoms with van der Waals surface area (Å²) < 4.78 is 5.80. The first kappa shape index (κ1) is 32.3. The molecule has 1 fully saturated rings. The van der Waals surface area contributed by atoms with E-state index in [4.69, 9.17) is 4.74 Å². The molecule has 3 aromatic rings. The van der Waals surface area contributed by atoms with E-state index in [1.807, 2.05) is 106 Å². The third-order valence-corrected chi connectivity index (χ3v) is 8.36. The van der Waals surface area contributed by atoms with Crippen LogP contribution in [-0.2, 0) is 14.3 Å². The van der Waals surface area contributed by atoms with Crippen LogP contribution < -0.4 is 10.6 Å². The molecule has 0 spiro atoms. The van der Waals surface area contributed by atoms with Crippen LogP contribution in [0.2, 0.25) is 0 Å². The lowest BCUT2D eigenvalue weighted by molar-refractivity contribution is -0.139. The van der Waals surface area contributed by atoms with Gasteiger partial charge in [-0.15, -0.1) is 0 Å². The molecule has 0 saturated carbocycles. The summed E-state index contributed by atoms with van der Waals surface area (Å²) in [5, 5.41) is 15.4. The Balaban J connectivity index is 1.46. The highest BCUT2D eigenvalue weighted by Gasteiger charge is 2.53. The molecule has 9 heteroatoms. The van der Waals surface area contributed by atoms with E-state index in [2.05, 4.69) is 10.6 Å². The van der Waals surface area contributed by atoms with Crippen LogP contribution in [0.3, 0.4) is 0 Å². The summed E-state index contributed by atoms with van der Waals surface area (Å²) in [4.78, 5) is 52.8. The van der Waals surface area contributed by atoms with Crippen molar-refractivity contribution in [1.29, 1.82) is 0 Å². The van der Waals surface area contributed by atoms with Crippen molar-refractivity contribution in [2.75, 3.05) is 6.54 Å². The van der Waals surface area contributed by atoms with Gasteiger partial charge in [0.15, 0.2) is 0 Å². The maximum absolute atomic E-state index is 13.2. The van der Waals surface area contributed by atoms with Crippen molar-refractivity contribution in [3.05, 3.63) is 96.1 Å². The molecule has 1 saturated heterocycles. The number of nitrogens with one attached hydrogen (secondary N) is 2. The molecule has 4 rings (SSSR count). The lowest BCUT2D eigenvalue weighted by atomic mass is 9.79. The van der Waals surface area contributed by atoms with Gasteiger partial charge in [0.25, 0.3) is 5.91 Å². The van der Waals surface area contributed by atoms with E-state index in [0.717, 1.165) is 28.7 Å². The van der Waals surface area contributed by atoms with Gasteiger partial charge in [0.2, 0.25) is 5.78 Å². The average molecular weight is 600 g/mol. The molecule has 232 valence electrons. The van der Waals surface area contributed by atoms with Gasteiger partial charge in [0, 0.05) is 5.41 Å². The normalized spacial score (nSPS) is 18.6. The van der Waals surface area contributed by atoms with E-state index < -0.39 is 53.5 Å². The van der Waals surface area contributed by atoms with Gasteiger partial charge in [0.05, 0.1) is 18.6 Å². The fraction of sp³-hybridized carbons (Fsp3) is 0.371. The number of ether oxygens (including phenoxy) is 1. The van der Waals surface area contributed by atoms with Gasteiger partial charge >= 0.3 is 12.2 Å². The number of likely N-dealkylation sites (tertiary alicyclic amines) is 1. The predicted molar refractivity (Wildman–Crippen MR) is 168 cm³/mol. The molecular weight excluding hydrogens is 558 g/mol. The Hall–Kier alpha value is -4.66. The Morgan fingerprint density at radius 1 is 0.909 bits per heavy atom. The van der Waals surface area contributed by atoms with Gasteiger partial charge in [-0.2, -0.15) is 0 Å². The van der Waals surface area contributed by atoms with Crippen molar-refractivity contribution in [1.82, 2.24) is 15.5 Å². The van der Waals surface area contributed by atoms with Crippen LogP contribution >= 0.6 is 0 Å². The summed E-state index contributed by atoms with van der Waals surface area (Å²) in [5.41, 5.74) is 2.89. The van der Waals surface area contributed by atoms with Crippen molar-refractivity contribution in [2.24, 2.45) is 5.41 Å². The standard InChI is InChI=1S/C35H41N3O6/c1-5-6-17-28(30(39)32(40)36-23(2)24-13-9-7-10-14-24)37-33(41)44-29-22-38(34(42)43)31(35(29,3)4)27-20-18-26(19-21-27)25-15-11-8-12-16-25/h7-16,18-21,23,28-29,31H,5-6,17,22H2,1-4H3,(H,36,40)(H,37,41)(H,42,43)/t23-,28+,29-,31?/m1/s1. The maximum Gasteiger partial charge on any atom is 0.408 e. The number of hydrogen-bond acceptors (Lipinski definition) is 5. The molecule has 4 atom stereocenters. The molecule has 3 aromatic carbocycles. The van der Waals surface area contributed by atoms with Gasteiger partial charge in [-0.05, 0) is 35.6 Å². The predicted octanol–water partition coefficient (Wildman–Crippen LogP) is 6.51. The van der Waals surface area contributed by atoms with E-state index in [1.54, 1.807) is 6.92 Å². The Kier molecular flexibility index (Phi) is 10.4. The van der Waals surface area contributed by atoms with E-state index in [9.17, 15) is 24.3 Å². The summed E-state index contributed by atoms with van der Waals surface area (Å²) in [5.74, 6) is -1.55. The lowest BCUT2D eigenvalue weighted by Gasteiger charge is -2.33. The zero-order valence-corrected chi connectivity index (χ0v) is 25.7. The smallest absolute Gasteiger partial charge is 0.408 e. The van der Waals surface area contributed by atoms with Crippen molar-refractivity contribution in [3.63, 3.8) is 0 Å². The first-order valence-electron chi connectivity index (χ1n) is 15.0. The summed E-state index contributed by atoms with van der Waals surface area (Å²) >= 11 is 0. The number of carbonyl (C=O) groups is 4. The zero-order valence-electron chi connectivity index (χ0n) is 25.7. The van der Waals surface area contributed by atoms with Gasteiger partial charge in [-0.3, -0.25) is 14.5 Å². The molecule has 3 amide bonds. The Morgan fingerprint density at radius 3 is 2.09 bits per heavy atom. The number of hydrogen-bond donors (Lipinski definition) is 3. The third kappa shape index (κ3) is 7.45. The fourth-order valence-corrected chi connectivity index (χ4v) is 5.81. The number of Topliss-reactive ketones (excluding diaryl/α,β-unsaturated/α-hetero) is 1. The molecule has 0 aromatic heterocycles. The van der Waals surface area contributed by atoms with Crippen molar-refractivity contribution >= 4 is 23.9 Å². The van der Waals surface area contributed by atoms with Crippen LogP contribution in [0.5, 0.6) is 0 Å². The number of nitrogens with zero attached hydrogens (tertiary/aromatic N) is 1. The average Bonchev–Trinajstić information content (AvgIpc) is 3.29. The number of carbonyl (C=O) groups excluding carboxylic acids is 3. The minimum Gasteiger partial charge on any atom is -0.465 e. The van der Waals surface area contributed by atoms with Crippen LogP contribution in [0.4, 0.5) is 9.59 Å². The zero-order chi connectivity index (χ0) is 31.9. The summed E-state index contributed by atoms with van der Waals surface area (Å²) in [6, 6.07) is 24.8. The summed E-state index contributed by atoms with van der Waals surface area (Å²) in [6.07, 6.45) is -1.15. The second-order valence-electron chi connectivity index (χ2n) is 11.9. The molecule has 3 N–H and O–H groups in total. The molecule has 1 aliphatic rings. The van der Waals surface area contributed by atoms with E-state index in [0.29, 0.717) is 6.42 Å². The second-order valence-corrected chi connectivity index (χ2v) is 11.9. The Labute approximate surface area is 258 Å². The molecule has 1 heterocycles. The van der Waals surface area contributed by atoms with Crippen LogP contribution in [0.25, 0.3) is 11.1 Å². The quantitative estimate of drug-likeness (QED) is 0.216. The van der Waals surface area contributed by atoms with Crippen LogP contribution in [-0.4, -0.2) is 52.6 Å². The number of rotatable bonds is 11. The monoisotopic (exact) mass is 599 g/mol. The first-order valence-corrected chi connectivity index (χ1v) is 15.0. The minimum atomic E-state index is -1.12. The minimum absolute atomic E-state index is 0.0382. The van der Waals surface area contributed by atoms with Crippen molar-refractivity contribution < 1.29 is 29.0 Å². The number of ketones is 1. The van der Waals surface area contributed by atoms with E-state index in [1.165, 1.54) is 4.90 Å². The molecular formula is C35H41N3O6. The SMILES string of the molecule is CCCC[C@H](NC(=O)O[C@@H]1CN(C(=O)O)C(c2ccc(-c3ccccc3)cc2)C1(C)C)C(=O)C(=O)N[C@H](C)c1ccccc1. The molecule has 0 aliphatic carbocycles. The van der Waals surface area contributed by atoms with Crippen LogP contribution in [0, 0.1) is 5.41 Å².